The van der Waals surface area contributed by atoms with Gasteiger partial charge in [0.2, 0.25) is 5.91 Å². The summed E-state index contributed by atoms with van der Waals surface area (Å²) in [4.78, 5) is 12.9. The van der Waals surface area contributed by atoms with E-state index in [2.05, 4.69) is 53.3 Å². The first-order valence-electron chi connectivity index (χ1n) is 6.69. The van der Waals surface area contributed by atoms with E-state index in [4.69, 9.17) is 0 Å². The summed E-state index contributed by atoms with van der Waals surface area (Å²) in [6.07, 6.45) is 0. The van der Waals surface area contributed by atoms with E-state index in [-0.39, 0.29) is 18.0 Å². The first kappa shape index (κ1) is 14.8. The number of benzene rings is 1. The molecule has 0 saturated heterocycles. The quantitative estimate of drug-likeness (QED) is 0.888. The molecule has 1 aromatic heterocycles. The second-order valence-corrected chi connectivity index (χ2v) is 5.84. The molecule has 1 aromatic carbocycles. The third kappa shape index (κ3) is 3.46. The number of rotatable bonds is 5. The molecule has 20 heavy (non-hydrogen) atoms. The summed E-state index contributed by atoms with van der Waals surface area (Å²) < 4.78 is 0. The van der Waals surface area contributed by atoms with Crippen LogP contribution in [-0.4, -0.2) is 19.0 Å². The van der Waals surface area contributed by atoms with Gasteiger partial charge in [-0.2, -0.15) is 0 Å². The van der Waals surface area contributed by atoms with Gasteiger partial charge in [0.15, 0.2) is 0 Å². The van der Waals surface area contributed by atoms with Crippen molar-refractivity contribution in [3.63, 3.8) is 0 Å². The molecule has 0 spiro atoms. The second kappa shape index (κ2) is 6.68. The van der Waals surface area contributed by atoms with E-state index in [0.717, 1.165) is 0 Å². The van der Waals surface area contributed by atoms with Crippen molar-refractivity contribution in [1.82, 2.24) is 10.6 Å². The first-order chi connectivity index (χ1) is 9.61. The molecule has 3 nitrogen and oxygen atoms in total. The average molecular weight is 288 g/mol. The minimum atomic E-state index is -0.242. The molecule has 2 aromatic rings. The van der Waals surface area contributed by atoms with Crippen LogP contribution in [0.3, 0.4) is 0 Å². The third-order valence-corrected chi connectivity index (χ3v) is 4.23. The van der Waals surface area contributed by atoms with Crippen molar-refractivity contribution in [2.24, 2.45) is 0 Å². The fourth-order valence-corrected chi connectivity index (χ4v) is 2.91. The highest BCUT2D eigenvalue weighted by molar-refractivity contribution is 7.10. The highest BCUT2D eigenvalue weighted by Crippen LogP contribution is 2.26. The summed E-state index contributed by atoms with van der Waals surface area (Å²) in [6, 6.07) is 12.4. The lowest BCUT2D eigenvalue weighted by Gasteiger charge is -2.22. The maximum Gasteiger partial charge on any atom is 0.236 e. The molecule has 0 fully saturated rings. The van der Waals surface area contributed by atoms with Gasteiger partial charge in [-0.05, 0) is 30.9 Å². The molecule has 2 N–H and O–H groups in total. The highest BCUT2D eigenvalue weighted by Gasteiger charge is 2.20. The number of nitrogens with one attached hydrogen (secondary N) is 2. The molecule has 1 amide bonds. The van der Waals surface area contributed by atoms with E-state index in [1.165, 1.54) is 16.0 Å². The van der Waals surface area contributed by atoms with E-state index >= 15 is 0 Å². The van der Waals surface area contributed by atoms with Crippen molar-refractivity contribution in [1.29, 1.82) is 0 Å². The van der Waals surface area contributed by atoms with Gasteiger partial charge < -0.3 is 5.32 Å². The number of likely N-dealkylation sites (N-methyl/N-ethyl adjacent to an activating group) is 1. The van der Waals surface area contributed by atoms with E-state index < -0.39 is 0 Å². The number of aryl methyl sites for hydroxylation is 1. The van der Waals surface area contributed by atoms with Gasteiger partial charge in [-0.3, -0.25) is 10.1 Å². The smallest absolute Gasteiger partial charge is 0.236 e. The molecule has 0 bridgehead atoms. The Kier molecular flexibility index (Phi) is 4.93. The van der Waals surface area contributed by atoms with Crippen LogP contribution in [-0.2, 0) is 4.79 Å². The Morgan fingerprint density at radius 3 is 2.45 bits per heavy atom. The standard InChI is InChI=1S/C16H20N2OS/c1-11-6-8-13(9-7-11)15(14-5-4-10-20-14)18-12(2)16(19)17-3/h4-10,12,15,18H,1-3H3,(H,17,19)/t12-,15-/m1/s1. The summed E-state index contributed by atoms with van der Waals surface area (Å²) in [7, 11) is 1.66. The SMILES string of the molecule is CNC(=O)[C@@H](C)N[C@H](c1ccc(C)cc1)c1cccs1. The molecule has 2 atom stereocenters. The number of amides is 1. The van der Waals surface area contributed by atoms with Crippen LogP contribution in [0.15, 0.2) is 41.8 Å². The van der Waals surface area contributed by atoms with Crippen LogP contribution in [0.2, 0.25) is 0 Å². The topological polar surface area (TPSA) is 41.1 Å². The Labute approximate surface area is 124 Å². The Bertz CT molecular complexity index is 548. The second-order valence-electron chi connectivity index (χ2n) is 4.86. The number of thiophene rings is 1. The lowest BCUT2D eigenvalue weighted by Crippen LogP contribution is -2.42. The molecule has 2 rings (SSSR count). The van der Waals surface area contributed by atoms with Crippen molar-refractivity contribution in [2.75, 3.05) is 7.05 Å². The van der Waals surface area contributed by atoms with Gasteiger partial charge >= 0.3 is 0 Å². The minimum Gasteiger partial charge on any atom is -0.358 e. The van der Waals surface area contributed by atoms with E-state index in [1.807, 2.05) is 13.0 Å². The summed E-state index contributed by atoms with van der Waals surface area (Å²) in [5, 5.41) is 8.14. The van der Waals surface area contributed by atoms with Crippen molar-refractivity contribution in [2.45, 2.75) is 25.9 Å². The van der Waals surface area contributed by atoms with Crippen LogP contribution in [0, 0.1) is 6.92 Å². The van der Waals surface area contributed by atoms with Crippen LogP contribution in [0.5, 0.6) is 0 Å². The summed E-state index contributed by atoms with van der Waals surface area (Å²) in [5.41, 5.74) is 2.41. The fourth-order valence-electron chi connectivity index (χ4n) is 2.10. The zero-order chi connectivity index (χ0) is 14.5. The third-order valence-electron chi connectivity index (χ3n) is 3.29. The summed E-state index contributed by atoms with van der Waals surface area (Å²) in [5.74, 6) is -0.00123. The van der Waals surface area contributed by atoms with Crippen molar-refractivity contribution in [3.8, 4) is 0 Å². The maximum absolute atomic E-state index is 11.7. The molecule has 0 radical (unpaired) electrons. The van der Waals surface area contributed by atoms with E-state index in [1.54, 1.807) is 18.4 Å². The molecule has 0 aliphatic heterocycles. The van der Waals surface area contributed by atoms with Crippen LogP contribution in [0.1, 0.15) is 29.0 Å². The largest absolute Gasteiger partial charge is 0.358 e. The predicted octanol–water partition coefficient (Wildman–Crippen LogP) is 2.87. The van der Waals surface area contributed by atoms with Crippen molar-refractivity contribution >= 4 is 17.2 Å². The van der Waals surface area contributed by atoms with Gasteiger partial charge in [-0.15, -0.1) is 11.3 Å². The van der Waals surface area contributed by atoms with E-state index in [9.17, 15) is 4.79 Å². The van der Waals surface area contributed by atoms with Gasteiger partial charge in [0.25, 0.3) is 0 Å². The zero-order valence-electron chi connectivity index (χ0n) is 12.0. The first-order valence-corrected chi connectivity index (χ1v) is 7.57. The number of hydrogen-bond acceptors (Lipinski definition) is 3. The van der Waals surface area contributed by atoms with Crippen LogP contribution < -0.4 is 10.6 Å². The molecule has 0 saturated carbocycles. The minimum absolute atomic E-state index is 0.00123. The maximum atomic E-state index is 11.7. The fraction of sp³-hybridized carbons (Fsp3) is 0.312. The van der Waals surface area contributed by atoms with Gasteiger partial charge in [0.05, 0.1) is 12.1 Å². The van der Waals surface area contributed by atoms with Gasteiger partial charge in [0, 0.05) is 11.9 Å². The average Bonchev–Trinajstić information content (AvgIpc) is 2.98. The molecule has 0 unspecified atom stereocenters. The molecule has 0 aliphatic carbocycles. The van der Waals surface area contributed by atoms with Crippen LogP contribution in [0.4, 0.5) is 0 Å². The highest BCUT2D eigenvalue weighted by atomic mass is 32.1. The predicted molar refractivity (Wildman–Crippen MR) is 84.0 cm³/mol. The lowest BCUT2D eigenvalue weighted by molar-refractivity contribution is -0.122. The lowest BCUT2D eigenvalue weighted by atomic mass is 10.0. The Morgan fingerprint density at radius 2 is 1.90 bits per heavy atom. The molecular formula is C16H20N2OS. The van der Waals surface area contributed by atoms with Crippen molar-refractivity contribution < 1.29 is 4.79 Å². The van der Waals surface area contributed by atoms with E-state index in [0.29, 0.717) is 0 Å². The number of hydrogen-bond donors (Lipinski definition) is 2. The van der Waals surface area contributed by atoms with Gasteiger partial charge in [-0.1, -0.05) is 35.9 Å². The molecule has 0 aliphatic rings. The monoisotopic (exact) mass is 288 g/mol. The Hall–Kier alpha value is -1.65. The normalized spacial score (nSPS) is 13.8. The van der Waals surface area contributed by atoms with Crippen LogP contribution in [0.25, 0.3) is 0 Å². The molecule has 4 heteroatoms. The number of carbonyl (C=O) groups excluding carboxylic acids is 1. The molecular weight excluding hydrogens is 268 g/mol. The Balaban J connectivity index is 2.26. The zero-order valence-corrected chi connectivity index (χ0v) is 12.8. The summed E-state index contributed by atoms with van der Waals surface area (Å²) >= 11 is 1.70. The molecule has 106 valence electrons. The Morgan fingerprint density at radius 1 is 1.20 bits per heavy atom. The summed E-state index contributed by atoms with van der Waals surface area (Å²) in [6.45, 7) is 3.96. The number of carbonyl (C=O) groups is 1. The van der Waals surface area contributed by atoms with Gasteiger partial charge in [-0.25, -0.2) is 0 Å². The van der Waals surface area contributed by atoms with Crippen LogP contribution >= 0.6 is 11.3 Å². The van der Waals surface area contributed by atoms with Crippen molar-refractivity contribution in [3.05, 3.63) is 57.8 Å². The molecule has 1 heterocycles. The van der Waals surface area contributed by atoms with Gasteiger partial charge in [0.1, 0.15) is 0 Å².